The van der Waals surface area contributed by atoms with E-state index in [1.54, 1.807) is 0 Å². The molecule has 0 aromatic carbocycles. The minimum atomic E-state index is -0.138. The molecule has 4 unspecified atom stereocenters. The molecule has 292 valence electrons. The van der Waals surface area contributed by atoms with E-state index in [9.17, 15) is 0 Å². The normalized spacial score (nSPS) is 13.1. The fraction of sp³-hybridized carbons (Fsp3) is 0.674. The van der Waals surface area contributed by atoms with E-state index in [1.807, 2.05) is 0 Å². The zero-order valence-corrected chi connectivity index (χ0v) is 33.1. The summed E-state index contributed by atoms with van der Waals surface area (Å²) >= 11 is 0. The molecule has 0 heterocycles. The fourth-order valence-corrected chi connectivity index (χ4v) is 5.10. The molecular formula is C43H78O7. The molecule has 7 nitrogen and oxygen atoms in total. The molecule has 0 saturated heterocycles. The zero-order valence-electron chi connectivity index (χ0n) is 33.1. The van der Waals surface area contributed by atoms with Crippen LogP contribution < -0.4 is 0 Å². The van der Waals surface area contributed by atoms with Crippen molar-refractivity contribution in [1.82, 2.24) is 0 Å². The molecule has 50 heavy (non-hydrogen) atoms. The van der Waals surface area contributed by atoms with Crippen molar-refractivity contribution in [2.24, 2.45) is 23.7 Å². The van der Waals surface area contributed by atoms with Gasteiger partial charge < -0.3 is 33.2 Å². The molecule has 0 radical (unpaired) electrons. The zero-order chi connectivity index (χ0) is 38.1. The smallest absolute Gasteiger partial charge is 0.105 e. The van der Waals surface area contributed by atoms with Gasteiger partial charge in [0.15, 0.2) is 0 Å². The molecule has 0 saturated carbocycles. The summed E-state index contributed by atoms with van der Waals surface area (Å²) in [4.78, 5) is 0. The van der Waals surface area contributed by atoms with Crippen molar-refractivity contribution in [3.63, 3.8) is 0 Å². The summed E-state index contributed by atoms with van der Waals surface area (Å²) in [6.07, 6.45) is 25.6. The van der Waals surface area contributed by atoms with E-state index >= 15 is 0 Å². The van der Waals surface area contributed by atoms with Gasteiger partial charge in [-0.05, 0) is 75.5 Å². The maximum Gasteiger partial charge on any atom is 0.105 e. The molecule has 7 heteroatoms. The third kappa shape index (κ3) is 37.6. The highest BCUT2D eigenvalue weighted by Crippen LogP contribution is 2.29. The second-order valence-corrected chi connectivity index (χ2v) is 13.0. The van der Waals surface area contributed by atoms with E-state index in [2.05, 4.69) is 80.7 Å². The van der Waals surface area contributed by atoms with E-state index in [0.717, 1.165) is 77.5 Å². The van der Waals surface area contributed by atoms with Crippen LogP contribution in [0.15, 0.2) is 89.9 Å². The average molecular weight is 707 g/mol. The molecule has 0 aromatic rings. The number of hydrogen-bond acceptors (Lipinski definition) is 7. The van der Waals surface area contributed by atoms with Crippen molar-refractivity contribution >= 4 is 0 Å². The van der Waals surface area contributed by atoms with Crippen LogP contribution in [-0.4, -0.2) is 45.2 Å². The first-order valence-corrected chi connectivity index (χ1v) is 18.8. The Morgan fingerprint density at radius 1 is 0.500 bits per heavy atom. The first-order valence-electron chi connectivity index (χ1n) is 18.8. The highest BCUT2D eigenvalue weighted by atomic mass is 16.5. The lowest BCUT2D eigenvalue weighted by Gasteiger charge is -2.33. The van der Waals surface area contributed by atoms with Gasteiger partial charge in [0, 0.05) is 0 Å². The molecule has 0 bridgehead atoms. The topological polar surface area (TPSA) is 64.6 Å². The Morgan fingerprint density at radius 2 is 0.960 bits per heavy atom. The number of hydrogen-bond donors (Lipinski definition) is 0. The maximum atomic E-state index is 5.62. The number of rotatable bonds is 35. The molecule has 0 spiro atoms. The summed E-state index contributed by atoms with van der Waals surface area (Å²) in [5, 5.41) is 0. The molecule has 0 aliphatic carbocycles. The number of unbranched alkanes of at least 4 members (excludes halogenated alkanes) is 4. The Labute approximate surface area is 309 Å². The minimum Gasteiger partial charge on any atom is -0.502 e. The van der Waals surface area contributed by atoms with Crippen molar-refractivity contribution in [2.75, 3.05) is 39.6 Å². The van der Waals surface area contributed by atoms with Crippen LogP contribution in [0.1, 0.15) is 118 Å². The lowest BCUT2D eigenvalue weighted by atomic mass is 9.84. The minimum absolute atomic E-state index is 0.138. The van der Waals surface area contributed by atoms with E-state index in [-0.39, 0.29) is 5.60 Å². The van der Waals surface area contributed by atoms with E-state index < -0.39 is 0 Å². The summed E-state index contributed by atoms with van der Waals surface area (Å²) < 4.78 is 36.5. The van der Waals surface area contributed by atoms with Crippen LogP contribution in [0.3, 0.4) is 0 Å². The number of ether oxygens (including phenoxy) is 7. The van der Waals surface area contributed by atoms with Crippen LogP contribution in [-0.2, 0) is 33.2 Å². The van der Waals surface area contributed by atoms with Crippen LogP contribution in [0.2, 0.25) is 0 Å². The van der Waals surface area contributed by atoms with Crippen molar-refractivity contribution in [2.45, 2.75) is 124 Å². The van der Waals surface area contributed by atoms with Gasteiger partial charge in [-0.3, -0.25) is 0 Å². The quantitative estimate of drug-likeness (QED) is 0.0480. The molecule has 0 aromatic heterocycles. The highest BCUT2D eigenvalue weighted by Gasteiger charge is 2.29. The van der Waals surface area contributed by atoms with Crippen molar-refractivity contribution in [3.05, 3.63) is 89.9 Å². The third-order valence-corrected chi connectivity index (χ3v) is 8.54. The maximum absolute atomic E-state index is 5.62. The van der Waals surface area contributed by atoms with Crippen molar-refractivity contribution < 1.29 is 33.2 Å². The summed E-state index contributed by atoms with van der Waals surface area (Å²) in [6.45, 7) is 40.3. The van der Waals surface area contributed by atoms with Crippen LogP contribution in [0.4, 0.5) is 0 Å². The van der Waals surface area contributed by atoms with Crippen LogP contribution in [0.25, 0.3) is 0 Å². The largest absolute Gasteiger partial charge is 0.502 e. The Balaban J connectivity index is -0.000000729. The Kier molecular flexibility index (Phi) is 41.1. The molecule has 0 fully saturated rings. The van der Waals surface area contributed by atoms with Crippen LogP contribution >= 0.6 is 0 Å². The Bertz CT molecular complexity index is 784. The Morgan fingerprint density at radius 3 is 1.44 bits per heavy atom. The predicted molar refractivity (Wildman–Crippen MR) is 213 cm³/mol. The molecule has 0 N–H and O–H groups in total. The first-order chi connectivity index (χ1) is 24.1. The second kappa shape index (κ2) is 40.2. The summed E-state index contributed by atoms with van der Waals surface area (Å²) in [5.74, 6) is 2.39. The van der Waals surface area contributed by atoms with Gasteiger partial charge in [-0.2, -0.15) is 0 Å². The summed E-state index contributed by atoms with van der Waals surface area (Å²) in [5.41, 5.74) is -0.138. The molecule has 0 rings (SSSR count). The summed E-state index contributed by atoms with van der Waals surface area (Å²) in [7, 11) is 0. The van der Waals surface area contributed by atoms with E-state index in [0.29, 0.717) is 24.4 Å². The van der Waals surface area contributed by atoms with Gasteiger partial charge in [0.2, 0.25) is 0 Å². The van der Waals surface area contributed by atoms with Gasteiger partial charge in [0.25, 0.3) is 0 Å². The van der Waals surface area contributed by atoms with E-state index in [1.165, 1.54) is 88.8 Å². The van der Waals surface area contributed by atoms with Gasteiger partial charge in [0.1, 0.15) is 5.60 Å². The lowest BCUT2D eigenvalue weighted by molar-refractivity contribution is -0.00475. The fourth-order valence-electron chi connectivity index (χ4n) is 5.10. The lowest BCUT2D eigenvalue weighted by Crippen LogP contribution is -2.32. The van der Waals surface area contributed by atoms with Gasteiger partial charge in [0.05, 0.1) is 83.5 Å². The molecule has 0 aliphatic rings. The average Bonchev–Trinajstić information content (AvgIpc) is 3.10. The van der Waals surface area contributed by atoms with Crippen LogP contribution in [0, 0.1) is 23.7 Å². The van der Waals surface area contributed by atoms with Gasteiger partial charge in [-0.25, -0.2) is 0 Å². The standard InChI is InChI=1S/C21H38O3.C14H26O2.C8H14O2/c1-5-22-17-11-9-8-10-13-20(4)14-12-15-21(19-24-7-3)16-18-23-6-2;1-7-14(6,16-9-3)10-13(12(4)5)11-15-8-2;1-3-9-7-5-6-8-10-4-2/h5-7,20-21H,1-3,8-19H2,4H3;8-9,12-13H,2-3,7,10-11H2,1,4-6H3;3-4H,1-2,5-8H2. The predicted octanol–water partition coefficient (Wildman–Crippen LogP) is 12.5. The summed E-state index contributed by atoms with van der Waals surface area (Å²) in [6, 6.07) is 0. The highest BCUT2D eigenvalue weighted by molar-refractivity contribution is 4.81. The second-order valence-electron chi connectivity index (χ2n) is 13.0. The van der Waals surface area contributed by atoms with Gasteiger partial charge in [-0.1, -0.05) is 112 Å². The molecule has 0 amide bonds. The Hall–Kier alpha value is -3.22. The van der Waals surface area contributed by atoms with Crippen molar-refractivity contribution in [3.8, 4) is 0 Å². The first kappa shape index (κ1) is 51.2. The molecular weight excluding hydrogens is 628 g/mol. The van der Waals surface area contributed by atoms with Gasteiger partial charge >= 0.3 is 0 Å². The monoisotopic (exact) mass is 707 g/mol. The SMILES string of the molecule is C=COCC(CC(C)(CC)OC=C)C(C)C.C=COCCCCCCC(C)CCCC(CCOC=C)COC=C.C=COCCCCOC=C. The third-order valence-electron chi connectivity index (χ3n) is 8.54. The molecule has 4 atom stereocenters. The van der Waals surface area contributed by atoms with Crippen molar-refractivity contribution in [1.29, 1.82) is 0 Å². The van der Waals surface area contributed by atoms with Crippen LogP contribution in [0.5, 0.6) is 0 Å². The molecule has 0 aliphatic heterocycles. The van der Waals surface area contributed by atoms with Gasteiger partial charge in [-0.15, -0.1) is 0 Å². The van der Waals surface area contributed by atoms with E-state index in [4.69, 9.17) is 33.2 Å².